The molecule has 0 N–H and O–H groups in total. The van der Waals surface area contributed by atoms with Crippen LogP contribution in [0.4, 0.5) is 0 Å². The monoisotopic (exact) mass is 965 g/mol. The molecule has 0 aliphatic carbocycles. The molecule has 16 heteroatoms. The molecule has 2 aromatic rings. The number of carbonyl (C=O) groups is 8. The fourth-order valence-electron chi connectivity index (χ4n) is 8.14. The van der Waals surface area contributed by atoms with Crippen LogP contribution in [0.3, 0.4) is 0 Å². The molecule has 4 amide bonds. The van der Waals surface area contributed by atoms with Crippen LogP contribution < -0.4 is 0 Å². The van der Waals surface area contributed by atoms with E-state index in [0.29, 0.717) is 11.1 Å². The normalized spacial score (nSPS) is 24.8. The van der Waals surface area contributed by atoms with E-state index in [-0.39, 0.29) is 69.6 Å². The summed E-state index contributed by atoms with van der Waals surface area (Å²) in [7, 11) is 5.56. The number of rotatable bonds is 12. The summed E-state index contributed by atoms with van der Waals surface area (Å²) in [6, 6.07) is 12.7. The van der Waals surface area contributed by atoms with Crippen molar-refractivity contribution in [3.05, 3.63) is 71.8 Å². The highest BCUT2D eigenvalue weighted by Crippen LogP contribution is 2.24. The number of cyclic esters (lactones) is 4. The Bertz CT molecular complexity index is 1870. The number of nitrogens with zero attached hydrogens (tertiary/aromatic N) is 4. The predicted molar refractivity (Wildman–Crippen MR) is 262 cm³/mol. The number of hydrogen-bond acceptors (Lipinski definition) is 12. The highest BCUT2D eigenvalue weighted by molar-refractivity contribution is 5.94. The van der Waals surface area contributed by atoms with Crippen molar-refractivity contribution in [2.24, 2.45) is 23.7 Å². The summed E-state index contributed by atoms with van der Waals surface area (Å²) in [5, 5.41) is 0. The second-order valence-corrected chi connectivity index (χ2v) is 19.8. The van der Waals surface area contributed by atoms with Crippen LogP contribution in [0.5, 0.6) is 0 Å². The van der Waals surface area contributed by atoms with Crippen molar-refractivity contribution in [1.29, 1.82) is 0 Å². The molecule has 1 saturated heterocycles. The van der Waals surface area contributed by atoms with Crippen molar-refractivity contribution >= 4 is 47.5 Å². The van der Waals surface area contributed by atoms with Gasteiger partial charge in [-0.25, -0.2) is 19.2 Å². The first kappa shape index (κ1) is 59.3. The number of likely N-dealkylation sites (N-methyl/N-ethyl adjacent to an activating group) is 4. The molecule has 0 unspecified atom stereocenters. The Labute approximate surface area is 410 Å². The van der Waals surface area contributed by atoms with E-state index in [4.69, 9.17) is 18.9 Å². The number of amides is 4. The van der Waals surface area contributed by atoms with E-state index < -0.39 is 96.1 Å². The third-order valence-electron chi connectivity index (χ3n) is 12.0. The van der Waals surface area contributed by atoms with Gasteiger partial charge in [0.25, 0.3) is 23.6 Å². The van der Waals surface area contributed by atoms with E-state index in [1.165, 1.54) is 42.0 Å². The molecule has 8 atom stereocenters. The smallest absolute Gasteiger partial charge is 0.329 e. The lowest BCUT2D eigenvalue weighted by Crippen LogP contribution is -2.55. The van der Waals surface area contributed by atoms with Crippen molar-refractivity contribution in [3.8, 4) is 0 Å². The minimum atomic E-state index is -1.47. The van der Waals surface area contributed by atoms with Gasteiger partial charge in [0.2, 0.25) is 0 Å². The molecule has 1 aliphatic rings. The summed E-state index contributed by atoms with van der Waals surface area (Å²) in [6.07, 6.45) is -5.56. The van der Waals surface area contributed by atoms with Crippen LogP contribution in [0.1, 0.15) is 113 Å². The largest absolute Gasteiger partial charge is 0.451 e. The van der Waals surface area contributed by atoms with Gasteiger partial charge >= 0.3 is 23.9 Å². The molecule has 69 heavy (non-hydrogen) atoms. The average molecular weight is 965 g/mol. The van der Waals surface area contributed by atoms with E-state index in [1.807, 2.05) is 55.4 Å². The highest BCUT2D eigenvalue weighted by atomic mass is 16.6. The number of benzene rings is 2. The third kappa shape index (κ3) is 17.3. The molecule has 1 aliphatic heterocycles. The van der Waals surface area contributed by atoms with Gasteiger partial charge in [0.1, 0.15) is 24.2 Å². The fourth-order valence-corrected chi connectivity index (χ4v) is 8.14. The van der Waals surface area contributed by atoms with Crippen molar-refractivity contribution < 1.29 is 57.3 Å². The van der Waals surface area contributed by atoms with Gasteiger partial charge in [-0.2, -0.15) is 0 Å². The average Bonchev–Trinajstić information content (AvgIpc) is 3.28. The molecule has 3 rings (SSSR count). The van der Waals surface area contributed by atoms with Crippen LogP contribution in [-0.2, 0) is 70.1 Å². The van der Waals surface area contributed by atoms with E-state index in [1.54, 1.807) is 60.7 Å². The topological polar surface area (TPSA) is 186 Å². The van der Waals surface area contributed by atoms with Crippen LogP contribution >= 0.6 is 0 Å². The second-order valence-electron chi connectivity index (χ2n) is 19.8. The summed E-state index contributed by atoms with van der Waals surface area (Å²) >= 11 is 0. The number of ether oxygens (including phenoxy) is 4. The highest BCUT2D eigenvalue weighted by Gasteiger charge is 2.43. The van der Waals surface area contributed by atoms with Gasteiger partial charge in [-0.15, -0.1) is 0 Å². The minimum absolute atomic E-state index is 0. The summed E-state index contributed by atoms with van der Waals surface area (Å²) in [5.41, 5.74) is 1.30. The predicted octanol–water partition coefficient (Wildman–Crippen LogP) is 6.30. The van der Waals surface area contributed by atoms with Crippen LogP contribution in [0.15, 0.2) is 60.7 Å². The molecule has 0 saturated carbocycles. The standard InChI is InChI=1S/C52H76N4O12.CH4/c1-31(2)25-39-49(61)65-35(9)45(57)53(11)42(28-34(7)8)52(64)68-44(30-38-23-19-16-20-24-38)48(60)56(14)40(26-32(3)4)50(62)66-36(10)46(58)54(12)41(27-33(5)6)51(63)67-43(47(59)55(39)13)29-37-21-17-15-18-22-37;/h15-24,31-36,39-44H,25-30H2,1-14H3;1H4/t35-,36-,39+,40+,41+,42+,43-,44-;/m1./s1. The molecule has 2 aromatic carbocycles. The fraction of sp³-hybridized carbons (Fsp3) is 0.623. The molecule has 1 fully saturated rings. The lowest BCUT2D eigenvalue weighted by atomic mass is 10.00. The number of carbonyl (C=O) groups excluding carboxylic acids is 8. The lowest BCUT2D eigenvalue weighted by Gasteiger charge is -2.35. The van der Waals surface area contributed by atoms with Gasteiger partial charge in [0.05, 0.1) is 0 Å². The second kappa shape index (κ2) is 27.4. The zero-order valence-electron chi connectivity index (χ0n) is 42.6. The van der Waals surface area contributed by atoms with Gasteiger partial charge in [-0.3, -0.25) is 19.2 Å². The van der Waals surface area contributed by atoms with Gasteiger partial charge in [-0.05, 0) is 74.3 Å². The van der Waals surface area contributed by atoms with E-state index >= 15 is 0 Å². The molecular weight excluding hydrogens is 885 g/mol. The van der Waals surface area contributed by atoms with Crippen LogP contribution in [0.2, 0.25) is 0 Å². The maximum Gasteiger partial charge on any atom is 0.329 e. The maximum absolute atomic E-state index is 14.6. The van der Waals surface area contributed by atoms with Crippen LogP contribution in [0.25, 0.3) is 0 Å². The zero-order valence-corrected chi connectivity index (χ0v) is 42.6. The Morgan fingerprint density at radius 1 is 0.391 bits per heavy atom. The van der Waals surface area contributed by atoms with E-state index in [2.05, 4.69) is 0 Å². The summed E-state index contributed by atoms with van der Waals surface area (Å²) < 4.78 is 23.8. The molecule has 0 spiro atoms. The Hall–Kier alpha value is -5.80. The first-order valence-electron chi connectivity index (χ1n) is 23.8. The van der Waals surface area contributed by atoms with Crippen molar-refractivity contribution in [1.82, 2.24) is 19.6 Å². The first-order valence-corrected chi connectivity index (χ1v) is 23.8. The molecular formula is C53H80N4O12. The molecule has 0 radical (unpaired) electrons. The van der Waals surface area contributed by atoms with Crippen LogP contribution in [0, 0.1) is 23.7 Å². The van der Waals surface area contributed by atoms with E-state index in [0.717, 1.165) is 19.6 Å². The molecule has 0 bridgehead atoms. The SMILES string of the molecule is C.CC(C)C[C@H]1C(=O)O[C@H](Cc2ccccc2)C(=O)N(C)[C@@H](CC(C)C)C(=O)O[C@H](C)C(=O)N(C)[C@@H](CC(C)C)C(=O)O[C@H](Cc2ccccc2)C(=O)N(C)[C@@H](CC(C)C)C(=O)O[C@H](C)C(=O)N1C. The molecule has 16 nitrogen and oxygen atoms in total. The Kier molecular flexibility index (Phi) is 23.6. The van der Waals surface area contributed by atoms with Crippen molar-refractivity contribution in [2.75, 3.05) is 28.2 Å². The molecule has 384 valence electrons. The number of hydrogen-bond donors (Lipinski definition) is 0. The quantitative estimate of drug-likeness (QED) is 0.171. The third-order valence-corrected chi connectivity index (χ3v) is 12.0. The minimum Gasteiger partial charge on any atom is -0.451 e. The lowest BCUT2D eigenvalue weighted by molar-refractivity contribution is -0.176. The van der Waals surface area contributed by atoms with Crippen molar-refractivity contribution in [2.45, 2.75) is 164 Å². The van der Waals surface area contributed by atoms with Crippen LogP contribution in [-0.4, -0.2) is 144 Å². The summed E-state index contributed by atoms with van der Waals surface area (Å²) in [5.74, 6) is -7.13. The van der Waals surface area contributed by atoms with E-state index in [9.17, 15) is 38.4 Å². The van der Waals surface area contributed by atoms with Crippen molar-refractivity contribution in [3.63, 3.8) is 0 Å². The Morgan fingerprint density at radius 2 is 0.623 bits per heavy atom. The Balaban J connectivity index is 0.0000163. The maximum atomic E-state index is 14.6. The van der Waals surface area contributed by atoms with Gasteiger partial charge in [0.15, 0.2) is 24.4 Å². The van der Waals surface area contributed by atoms with Gasteiger partial charge < -0.3 is 38.5 Å². The molecule has 1 heterocycles. The number of esters is 4. The summed E-state index contributed by atoms with van der Waals surface area (Å²) in [6.45, 7) is 17.5. The van der Waals surface area contributed by atoms with Gasteiger partial charge in [0, 0.05) is 41.0 Å². The van der Waals surface area contributed by atoms with Gasteiger partial charge in [-0.1, -0.05) is 123 Å². The molecule has 0 aromatic heterocycles. The zero-order chi connectivity index (χ0) is 51.2. The summed E-state index contributed by atoms with van der Waals surface area (Å²) in [4.78, 5) is 119. The Morgan fingerprint density at radius 3 is 0.870 bits per heavy atom. The first-order chi connectivity index (χ1) is 31.8.